The highest BCUT2D eigenvalue weighted by Crippen LogP contribution is 2.27. The van der Waals surface area contributed by atoms with Gasteiger partial charge < -0.3 is 9.64 Å². The minimum Gasteiger partial charge on any atom is -0.376 e. The summed E-state index contributed by atoms with van der Waals surface area (Å²) < 4.78 is 5.62. The van der Waals surface area contributed by atoms with Crippen molar-refractivity contribution in [1.29, 1.82) is 5.26 Å². The van der Waals surface area contributed by atoms with Crippen LogP contribution in [-0.4, -0.2) is 60.1 Å². The highest BCUT2D eigenvalue weighted by atomic mass is 16.5. The maximum atomic E-state index is 12.5. The minimum atomic E-state index is -0.324. The maximum absolute atomic E-state index is 12.5. The zero-order valence-electron chi connectivity index (χ0n) is 12.1. The van der Waals surface area contributed by atoms with Crippen LogP contribution in [0, 0.1) is 11.3 Å². The largest absolute Gasteiger partial charge is 0.376 e. The molecule has 2 atom stereocenters. The van der Waals surface area contributed by atoms with Crippen molar-refractivity contribution < 1.29 is 9.53 Å². The molecule has 2 unspecified atom stereocenters. The van der Waals surface area contributed by atoms with Crippen molar-refractivity contribution >= 4 is 5.91 Å². The molecule has 0 saturated carbocycles. The second-order valence-electron chi connectivity index (χ2n) is 6.16. The molecule has 2 heterocycles. The average molecular weight is 265 g/mol. The van der Waals surface area contributed by atoms with E-state index in [0.717, 1.165) is 19.4 Å². The lowest BCUT2D eigenvalue weighted by Gasteiger charge is -2.49. The second-order valence-corrected chi connectivity index (χ2v) is 6.16. The van der Waals surface area contributed by atoms with Crippen molar-refractivity contribution in [2.24, 2.45) is 0 Å². The zero-order chi connectivity index (χ0) is 14.0. The fraction of sp³-hybridized carbons (Fsp3) is 0.857. The van der Waals surface area contributed by atoms with Crippen LogP contribution in [0.4, 0.5) is 0 Å². The molecule has 0 aromatic carbocycles. The molecule has 0 aromatic rings. The lowest BCUT2D eigenvalue weighted by molar-refractivity contribution is -0.150. The summed E-state index contributed by atoms with van der Waals surface area (Å²) in [6.45, 7) is 6.40. The quantitative estimate of drug-likeness (QED) is 0.764. The summed E-state index contributed by atoms with van der Waals surface area (Å²) in [5.41, 5.74) is -0.103. The van der Waals surface area contributed by atoms with Gasteiger partial charge in [-0.2, -0.15) is 5.26 Å². The molecule has 0 radical (unpaired) electrons. The number of rotatable bonds is 3. The van der Waals surface area contributed by atoms with Crippen LogP contribution < -0.4 is 0 Å². The molecular formula is C14H23N3O2. The number of nitriles is 1. The number of amides is 1. The van der Waals surface area contributed by atoms with E-state index >= 15 is 0 Å². The summed E-state index contributed by atoms with van der Waals surface area (Å²) in [4.78, 5) is 16.4. The first-order valence-corrected chi connectivity index (χ1v) is 6.96. The number of hydrogen-bond acceptors (Lipinski definition) is 4. The highest BCUT2D eigenvalue weighted by molar-refractivity contribution is 5.83. The molecule has 2 saturated heterocycles. The molecule has 5 nitrogen and oxygen atoms in total. The topological polar surface area (TPSA) is 56.6 Å². The molecule has 1 amide bonds. The van der Waals surface area contributed by atoms with Crippen LogP contribution in [0.3, 0.4) is 0 Å². The standard InChI is InChI=1S/C14H23N3O2/c1-14(2)10-17(9-11-5-4-8-19-11)13(18)12(6-7-15)16(14)3/h11-12H,4-6,8-10H2,1-3H3. The van der Waals surface area contributed by atoms with Crippen LogP contribution in [0.1, 0.15) is 33.1 Å². The third kappa shape index (κ3) is 2.90. The molecule has 0 N–H and O–H groups in total. The van der Waals surface area contributed by atoms with E-state index in [-0.39, 0.29) is 30.0 Å². The number of nitrogens with zero attached hydrogens (tertiary/aromatic N) is 3. The van der Waals surface area contributed by atoms with Crippen LogP contribution in [0.5, 0.6) is 0 Å². The molecule has 0 spiro atoms. The van der Waals surface area contributed by atoms with Crippen molar-refractivity contribution in [2.75, 3.05) is 26.7 Å². The van der Waals surface area contributed by atoms with E-state index in [9.17, 15) is 4.79 Å². The molecule has 0 aliphatic carbocycles. The molecule has 106 valence electrons. The first kappa shape index (κ1) is 14.3. The van der Waals surface area contributed by atoms with Crippen LogP contribution in [0.2, 0.25) is 0 Å². The van der Waals surface area contributed by atoms with Crippen molar-refractivity contribution in [1.82, 2.24) is 9.80 Å². The van der Waals surface area contributed by atoms with Gasteiger partial charge in [0.05, 0.1) is 18.6 Å². The van der Waals surface area contributed by atoms with Crippen molar-refractivity contribution in [3.8, 4) is 6.07 Å². The normalized spacial score (nSPS) is 31.5. The summed E-state index contributed by atoms with van der Waals surface area (Å²) in [5.74, 6) is 0.0684. The molecule has 5 heteroatoms. The predicted molar refractivity (Wildman–Crippen MR) is 71.4 cm³/mol. The number of ether oxygens (including phenoxy) is 1. The van der Waals surface area contributed by atoms with Gasteiger partial charge in [0.1, 0.15) is 6.04 Å². The SMILES string of the molecule is CN1C(CC#N)C(=O)N(CC2CCCO2)CC1(C)C. The first-order chi connectivity index (χ1) is 8.95. The molecule has 0 aromatic heterocycles. The summed E-state index contributed by atoms with van der Waals surface area (Å²) in [7, 11) is 1.93. The molecule has 0 bridgehead atoms. The Bertz CT molecular complexity index is 383. The fourth-order valence-electron chi connectivity index (χ4n) is 2.95. The van der Waals surface area contributed by atoms with E-state index in [1.54, 1.807) is 0 Å². The Morgan fingerprint density at radius 1 is 1.53 bits per heavy atom. The van der Waals surface area contributed by atoms with E-state index in [4.69, 9.17) is 10.00 Å². The van der Waals surface area contributed by atoms with Crippen molar-refractivity contribution in [3.05, 3.63) is 0 Å². The lowest BCUT2D eigenvalue weighted by atomic mass is 9.93. The Morgan fingerprint density at radius 2 is 2.26 bits per heavy atom. The van der Waals surface area contributed by atoms with Gasteiger partial charge in [-0.1, -0.05) is 0 Å². The molecule has 2 aliphatic rings. The Kier molecular flexibility index (Phi) is 4.12. The van der Waals surface area contributed by atoms with Crippen molar-refractivity contribution in [3.63, 3.8) is 0 Å². The summed E-state index contributed by atoms with van der Waals surface area (Å²) in [6, 6.07) is 1.81. The van der Waals surface area contributed by atoms with Crippen molar-refractivity contribution in [2.45, 2.75) is 50.8 Å². The monoisotopic (exact) mass is 265 g/mol. The molecule has 2 fully saturated rings. The van der Waals surface area contributed by atoms with Crippen LogP contribution in [0.25, 0.3) is 0 Å². The average Bonchev–Trinajstić information content (AvgIpc) is 2.84. The first-order valence-electron chi connectivity index (χ1n) is 6.96. The van der Waals surface area contributed by atoms with Gasteiger partial charge >= 0.3 is 0 Å². The predicted octanol–water partition coefficient (Wildman–Crippen LogP) is 1.00. The number of likely N-dealkylation sites (N-methyl/N-ethyl adjacent to an activating group) is 1. The van der Waals surface area contributed by atoms with Gasteiger partial charge in [0.15, 0.2) is 0 Å². The van der Waals surface area contributed by atoms with Crippen LogP contribution in [-0.2, 0) is 9.53 Å². The Balaban J connectivity index is 2.10. The van der Waals surface area contributed by atoms with E-state index < -0.39 is 0 Å². The fourth-order valence-corrected chi connectivity index (χ4v) is 2.95. The van der Waals surface area contributed by atoms with Crippen LogP contribution >= 0.6 is 0 Å². The Morgan fingerprint density at radius 3 is 2.84 bits per heavy atom. The molecule has 19 heavy (non-hydrogen) atoms. The maximum Gasteiger partial charge on any atom is 0.241 e. The summed E-state index contributed by atoms with van der Waals surface area (Å²) >= 11 is 0. The van der Waals surface area contributed by atoms with E-state index in [1.807, 2.05) is 16.8 Å². The molecule has 2 rings (SSSR count). The molecule has 2 aliphatic heterocycles. The minimum absolute atomic E-state index is 0.0684. The number of carbonyl (C=O) groups excluding carboxylic acids is 1. The van der Waals surface area contributed by atoms with E-state index in [2.05, 4.69) is 19.9 Å². The van der Waals surface area contributed by atoms with Gasteiger partial charge in [-0.3, -0.25) is 9.69 Å². The third-order valence-corrected chi connectivity index (χ3v) is 4.33. The second kappa shape index (κ2) is 5.48. The number of hydrogen-bond donors (Lipinski definition) is 0. The summed E-state index contributed by atoms with van der Waals surface area (Å²) in [6.07, 6.45) is 2.53. The van der Waals surface area contributed by atoms with Gasteiger partial charge in [0.25, 0.3) is 0 Å². The highest BCUT2D eigenvalue weighted by Gasteiger charge is 2.43. The van der Waals surface area contributed by atoms with Crippen LogP contribution in [0.15, 0.2) is 0 Å². The van der Waals surface area contributed by atoms with Gasteiger partial charge in [-0.25, -0.2) is 0 Å². The van der Waals surface area contributed by atoms with Gasteiger partial charge in [-0.05, 0) is 33.7 Å². The number of piperazine rings is 1. The lowest BCUT2D eigenvalue weighted by Crippen LogP contribution is -2.65. The van der Waals surface area contributed by atoms with E-state index in [0.29, 0.717) is 13.1 Å². The van der Waals surface area contributed by atoms with Gasteiger partial charge in [-0.15, -0.1) is 0 Å². The van der Waals surface area contributed by atoms with E-state index in [1.165, 1.54) is 0 Å². The zero-order valence-corrected chi connectivity index (χ0v) is 12.1. The Hall–Kier alpha value is -1.12. The van der Waals surface area contributed by atoms with Gasteiger partial charge in [0, 0.05) is 25.2 Å². The third-order valence-electron chi connectivity index (χ3n) is 4.33. The Labute approximate surface area is 115 Å². The summed E-state index contributed by atoms with van der Waals surface area (Å²) in [5, 5.41) is 8.92. The molecular weight excluding hydrogens is 242 g/mol. The number of carbonyl (C=O) groups is 1. The smallest absolute Gasteiger partial charge is 0.241 e. The van der Waals surface area contributed by atoms with Gasteiger partial charge in [0.2, 0.25) is 5.91 Å².